The van der Waals surface area contributed by atoms with Gasteiger partial charge in [0.15, 0.2) is 0 Å². The molecule has 0 aromatic heterocycles. The maximum Gasteiger partial charge on any atom is 0.0756 e. The molecule has 0 aromatic rings. The molecule has 0 bridgehead atoms. The predicted octanol–water partition coefficient (Wildman–Crippen LogP) is 3.69. The second-order valence-electron chi connectivity index (χ2n) is 3.83. The van der Waals surface area contributed by atoms with Crippen molar-refractivity contribution < 1.29 is 4.74 Å². The van der Waals surface area contributed by atoms with Gasteiger partial charge in [-0.25, -0.2) is 0 Å². The van der Waals surface area contributed by atoms with Gasteiger partial charge in [-0.05, 0) is 25.7 Å². The molecule has 1 heterocycles. The molecule has 0 saturated carbocycles. The average Bonchev–Trinajstić information content (AvgIpc) is 2.63. The molecular weight excluding hydrogens is 160 g/mol. The van der Waals surface area contributed by atoms with Gasteiger partial charge in [-0.3, -0.25) is 0 Å². The van der Waals surface area contributed by atoms with E-state index in [0.717, 1.165) is 6.61 Å². The Bertz CT molecular complexity index is 134. The molecule has 1 heteroatoms. The van der Waals surface area contributed by atoms with Crippen LogP contribution in [-0.4, -0.2) is 12.7 Å². The average molecular weight is 182 g/mol. The number of ether oxygens (including phenoxy) is 1. The molecule has 1 saturated heterocycles. The molecule has 0 spiro atoms. The minimum atomic E-state index is 0.436. The summed E-state index contributed by atoms with van der Waals surface area (Å²) in [7, 11) is 0. The van der Waals surface area contributed by atoms with Crippen molar-refractivity contribution >= 4 is 0 Å². The Hall–Kier alpha value is -0.300. The van der Waals surface area contributed by atoms with Gasteiger partial charge in [0.1, 0.15) is 0 Å². The maximum atomic E-state index is 5.49. The maximum absolute atomic E-state index is 5.49. The summed E-state index contributed by atoms with van der Waals surface area (Å²) in [5, 5.41) is 0. The number of unbranched alkanes of at least 4 members (excludes halogenated alkanes) is 4. The quantitative estimate of drug-likeness (QED) is 0.449. The Balaban J connectivity index is 1.91. The van der Waals surface area contributed by atoms with E-state index in [9.17, 15) is 0 Å². The first-order valence-electron chi connectivity index (χ1n) is 5.71. The fourth-order valence-electron chi connectivity index (χ4n) is 1.69. The monoisotopic (exact) mass is 182 g/mol. The van der Waals surface area contributed by atoms with E-state index in [4.69, 9.17) is 4.74 Å². The molecule has 1 fully saturated rings. The normalized spacial score (nSPS) is 23.0. The molecule has 0 amide bonds. The van der Waals surface area contributed by atoms with E-state index >= 15 is 0 Å². The van der Waals surface area contributed by atoms with Crippen molar-refractivity contribution in [3.63, 3.8) is 0 Å². The number of allylic oxidation sites excluding steroid dienone is 1. The van der Waals surface area contributed by atoms with Crippen LogP contribution >= 0.6 is 0 Å². The Morgan fingerprint density at radius 3 is 2.92 bits per heavy atom. The van der Waals surface area contributed by atoms with Gasteiger partial charge < -0.3 is 4.74 Å². The van der Waals surface area contributed by atoms with Crippen LogP contribution in [0, 0.1) is 0 Å². The van der Waals surface area contributed by atoms with Gasteiger partial charge >= 0.3 is 0 Å². The van der Waals surface area contributed by atoms with E-state index in [1.807, 2.05) is 0 Å². The molecule has 1 aliphatic heterocycles. The van der Waals surface area contributed by atoms with Crippen molar-refractivity contribution in [2.24, 2.45) is 0 Å². The van der Waals surface area contributed by atoms with Crippen molar-refractivity contribution in [3.8, 4) is 0 Å². The Labute approximate surface area is 82.2 Å². The second-order valence-corrected chi connectivity index (χ2v) is 3.83. The third-order valence-corrected chi connectivity index (χ3v) is 2.54. The lowest BCUT2D eigenvalue weighted by Gasteiger charge is -2.01. The molecule has 0 aliphatic carbocycles. The highest BCUT2D eigenvalue weighted by molar-refractivity contribution is 4.91. The Kier molecular flexibility index (Phi) is 5.92. The number of hydrogen-bond donors (Lipinski definition) is 0. The van der Waals surface area contributed by atoms with Crippen molar-refractivity contribution in [3.05, 3.63) is 12.2 Å². The van der Waals surface area contributed by atoms with Crippen LogP contribution in [0.15, 0.2) is 12.2 Å². The Morgan fingerprint density at radius 1 is 1.31 bits per heavy atom. The zero-order valence-electron chi connectivity index (χ0n) is 8.80. The lowest BCUT2D eigenvalue weighted by atomic mass is 10.1. The summed E-state index contributed by atoms with van der Waals surface area (Å²) in [6.45, 7) is 3.22. The van der Waals surface area contributed by atoms with Crippen LogP contribution in [0.3, 0.4) is 0 Å². The van der Waals surface area contributed by atoms with Gasteiger partial charge in [0.2, 0.25) is 0 Å². The topological polar surface area (TPSA) is 9.23 Å². The predicted molar refractivity (Wildman–Crippen MR) is 56.9 cm³/mol. The first-order chi connectivity index (χ1) is 6.43. The summed E-state index contributed by atoms with van der Waals surface area (Å²) >= 11 is 0. The van der Waals surface area contributed by atoms with Crippen LogP contribution in [0.2, 0.25) is 0 Å². The molecule has 0 unspecified atom stereocenters. The van der Waals surface area contributed by atoms with E-state index in [-0.39, 0.29) is 0 Å². The summed E-state index contributed by atoms with van der Waals surface area (Å²) in [6, 6.07) is 0. The van der Waals surface area contributed by atoms with E-state index < -0.39 is 0 Å². The first-order valence-corrected chi connectivity index (χ1v) is 5.71. The zero-order valence-corrected chi connectivity index (χ0v) is 8.80. The summed E-state index contributed by atoms with van der Waals surface area (Å²) in [6.07, 6.45) is 14.1. The van der Waals surface area contributed by atoms with E-state index in [1.165, 1.54) is 44.9 Å². The third kappa shape index (κ3) is 5.09. The van der Waals surface area contributed by atoms with Crippen molar-refractivity contribution in [1.82, 2.24) is 0 Å². The van der Waals surface area contributed by atoms with Gasteiger partial charge in [-0.2, -0.15) is 0 Å². The van der Waals surface area contributed by atoms with Crippen LogP contribution in [0.4, 0.5) is 0 Å². The molecule has 1 rings (SSSR count). The molecular formula is C12H22O. The minimum Gasteiger partial charge on any atom is -0.374 e. The smallest absolute Gasteiger partial charge is 0.0756 e. The summed E-state index contributed by atoms with van der Waals surface area (Å²) in [4.78, 5) is 0. The summed E-state index contributed by atoms with van der Waals surface area (Å²) < 4.78 is 5.49. The largest absolute Gasteiger partial charge is 0.374 e. The van der Waals surface area contributed by atoms with Crippen LogP contribution in [-0.2, 0) is 4.74 Å². The van der Waals surface area contributed by atoms with Crippen molar-refractivity contribution in [2.75, 3.05) is 6.61 Å². The lowest BCUT2D eigenvalue weighted by molar-refractivity contribution is 0.145. The molecule has 76 valence electrons. The standard InChI is InChI=1S/C12H22O/c1-2-3-4-5-6-7-9-12-10-8-11-13-12/h7,9,12H,2-6,8,10-11H2,1H3/b9-7+/t12-/m0/s1. The number of hydrogen-bond acceptors (Lipinski definition) is 1. The highest BCUT2D eigenvalue weighted by atomic mass is 16.5. The molecule has 0 N–H and O–H groups in total. The molecule has 1 nitrogen and oxygen atoms in total. The summed E-state index contributed by atoms with van der Waals surface area (Å²) in [5.41, 5.74) is 0. The zero-order chi connectivity index (χ0) is 9.36. The van der Waals surface area contributed by atoms with Crippen LogP contribution in [0.25, 0.3) is 0 Å². The van der Waals surface area contributed by atoms with Crippen molar-refractivity contribution in [1.29, 1.82) is 0 Å². The third-order valence-electron chi connectivity index (χ3n) is 2.54. The lowest BCUT2D eigenvalue weighted by Crippen LogP contribution is -1.98. The highest BCUT2D eigenvalue weighted by Crippen LogP contribution is 2.13. The van der Waals surface area contributed by atoms with Gasteiger partial charge in [0, 0.05) is 6.61 Å². The molecule has 13 heavy (non-hydrogen) atoms. The fourth-order valence-corrected chi connectivity index (χ4v) is 1.69. The first kappa shape index (κ1) is 10.8. The number of rotatable bonds is 6. The van der Waals surface area contributed by atoms with E-state index in [0.29, 0.717) is 6.10 Å². The van der Waals surface area contributed by atoms with Gasteiger partial charge in [0.25, 0.3) is 0 Å². The minimum absolute atomic E-state index is 0.436. The molecule has 0 aromatic carbocycles. The highest BCUT2D eigenvalue weighted by Gasteiger charge is 2.10. The Morgan fingerprint density at radius 2 is 2.23 bits per heavy atom. The van der Waals surface area contributed by atoms with Crippen LogP contribution in [0.1, 0.15) is 51.9 Å². The van der Waals surface area contributed by atoms with Crippen LogP contribution < -0.4 is 0 Å². The molecule has 1 atom stereocenters. The van der Waals surface area contributed by atoms with Crippen molar-refractivity contribution in [2.45, 2.75) is 58.0 Å². The molecule has 0 radical (unpaired) electrons. The second kappa shape index (κ2) is 7.14. The fraction of sp³-hybridized carbons (Fsp3) is 0.833. The SMILES string of the molecule is CCCCCC/C=C/[C@H]1CCCO1. The molecule has 1 aliphatic rings. The van der Waals surface area contributed by atoms with E-state index in [1.54, 1.807) is 0 Å². The van der Waals surface area contributed by atoms with Crippen LogP contribution in [0.5, 0.6) is 0 Å². The van der Waals surface area contributed by atoms with E-state index in [2.05, 4.69) is 19.1 Å². The van der Waals surface area contributed by atoms with Gasteiger partial charge in [-0.1, -0.05) is 38.3 Å². The van der Waals surface area contributed by atoms with Gasteiger partial charge in [0.05, 0.1) is 6.10 Å². The summed E-state index contributed by atoms with van der Waals surface area (Å²) in [5.74, 6) is 0. The van der Waals surface area contributed by atoms with Gasteiger partial charge in [-0.15, -0.1) is 0 Å².